The highest BCUT2D eigenvalue weighted by Crippen LogP contribution is 2.40. The summed E-state index contributed by atoms with van der Waals surface area (Å²) in [5.74, 6) is 0.657. The third-order valence-electron chi connectivity index (χ3n) is 11.7. The normalized spacial score (nSPS) is 14.0. The lowest BCUT2D eigenvalue weighted by molar-refractivity contribution is -0.119. The monoisotopic (exact) mass is 982 g/mol. The number of ether oxygens (including phenoxy) is 1. The Labute approximate surface area is 415 Å². The molecular formula is C52H56ClFN12O5. The fourth-order valence-corrected chi connectivity index (χ4v) is 8.41. The van der Waals surface area contributed by atoms with Gasteiger partial charge in [-0.25, -0.2) is 28.8 Å². The van der Waals surface area contributed by atoms with Crippen LogP contribution in [-0.2, 0) is 27.9 Å². The molecule has 2 aliphatic rings. The van der Waals surface area contributed by atoms with Crippen molar-refractivity contribution >= 4 is 86.0 Å². The van der Waals surface area contributed by atoms with Gasteiger partial charge in [0.2, 0.25) is 5.91 Å². The third-order valence-corrected chi connectivity index (χ3v) is 11.9. The molecule has 0 bridgehead atoms. The molecule has 2 aromatic carbocycles. The molecule has 2 amide bonds. The van der Waals surface area contributed by atoms with Gasteiger partial charge in [-0.05, 0) is 95.0 Å². The Morgan fingerprint density at radius 3 is 2.38 bits per heavy atom. The number of benzene rings is 2. The second-order valence-corrected chi connectivity index (χ2v) is 17.8. The van der Waals surface area contributed by atoms with Crippen LogP contribution in [0.1, 0.15) is 110 Å². The van der Waals surface area contributed by atoms with E-state index < -0.39 is 5.97 Å². The highest BCUT2D eigenvalue weighted by molar-refractivity contribution is 6.29. The molecule has 5 aromatic heterocycles. The molecule has 0 aliphatic carbocycles. The molecule has 0 saturated carbocycles. The Hall–Kier alpha value is -7.73. The number of likely N-dealkylation sites (N-methyl/N-ethyl adjacent to an activating group) is 1. The molecule has 7 aromatic rings. The molecule has 0 spiro atoms. The molecule has 7 heterocycles. The van der Waals surface area contributed by atoms with E-state index in [1.165, 1.54) is 17.2 Å². The Kier molecular flexibility index (Phi) is 16.1. The van der Waals surface area contributed by atoms with Gasteiger partial charge in [-0.1, -0.05) is 55.8 Å². The number of rotatable bonds is 12. The van der Waals surface area contributed by atoms with Crippen LogP contribution >= 0.6 is 11.6 Å². The third kappa shape index (κ3) is 11.2. The number of carbonyl (C=O) groups is 4. The standard InChI is InChI=1S/C23H22ClN3O2.C15H15FN4O.C14H19N5O2/c1-14(2)7-10-16(28)13-19-17-5-3-4-6-18(17)23(29)27(19)21-12-9-15-8-11-20(24)25-22(15)26-21;1-9-13-14(10-6-4-5-7-11(10)16)17-8-12(21)19(2)15(13)20(3)18-9;1-5-19-13-10(8-16-19)12(18-17-9(3)4)11(7-15-13)14(20)21-6-2/h3-6,8-9,11-12,14,19H,7,10,13H2,1-2H3;4-7H,8H2,1-3H3;7-8H,5-6H2,1-4H3,(H,15,18). The molecule has 0 saturated heterocycles. The number of nitrogens with one attached hydrogen (secondary N) is 1. The second kappa shape index (κ2) is 22.4. The molecule has 19 heteroatoms. The van der Waals surface area contributed by atoms with Crippen LogP contribution in [0, 0.1) is 18.7 Å². The van der Waals surface area contributed by atoms with Gasteiger partial charge in [0.25, 0.3) is 5.91 Å². The number of esters is 1. The number of nitrogens with zero attached hydrogens (tertiary/aromatic N) is 11. The predicted molar refractivity (Wildman–Crippen MR) is 274 cm³/mol. The number of aromatic nitrogens is 7. The Morgan fingerprint density at radius 1 is 0.958 bits per heavy atom. The van der Waals surface area contributed by atoms with Crippen molar-refractivity contribution < 1.29 is 28.3 Å². The first-order chi connectivity index (χ1) is 34.0. The first-order valence-electron chi connectivity index (χ1n) is 23.3. The van der Waals surface area contributed by atoms with Crippen molar-refractivity contribution in [1.82, 2.24) is 34.5 Å². The van der Waals surface area contributed by atoms with Crippen molar-refractivity contribution in [1.29, 1.82) is 0 Å². The van der Waals surface area contributed by atoms with E-state index in [1.54, 1.807) is 77.9 Å². The SMILES string of the molecule is CC(C)CCC(=O)CC1c2ccccc2C(=O)N1c1ccc2ccc(Cl)nc2n1.CCOC(=O)c1cnc2c(cnn2CC)c1NN=C(C)C.Cc1nn(C)c2c1C(c1ccccc1F)=NCC(=O)N2C. The van der Waals surface area contributed by atoms with Gasteiger partial charge in [-0.15, -0.1) is 0 Å². The lowest BCUT2D eigenvalue weighted by Crippen LogP contribution is -2.30. The molecule has 17 nitrogen and oxygen atoms in total. The van der Waals surface area contributed by atoms with E-state index in [2.05, 4.69) is 54.5 Å². The number of Topliss-reactive ketones (excluding diaryl/α,β-unsaturated/α-hetero) is 1. The van der Waals surface area contributed by atoms with Gasteiger partial charge in [-0.2, -0.15) is 15.3 Å². The lowest BCUT2D eigenvalue weighted by atomic mass is 9.97. The lowest BCUT2D eigenvalue weighted by Gasteiger charge is -2.24. The fourth-order valence-electron chi connectivity index (χ4n) is 8.27. The first kappa shape index (κ1) is 51.1. The average molecular weight is 984 g/mol. The van der Waals surface area contributed by atoms with Crippen LogP contribution in [0.5, 0.6) is 0 Å². The molecule has 0 radical (unpaired) electrons. The zero-order chi connectivity index (χ0) is 51.1. The van der Waals surface area contributed by atoms with Crippen molar-refractivity contribution in [2.75, 3.05) is 35.4 Å². The van der Waals surface area contributed by atoms with E-state index >= 15 is 0 Å². The van der Waals surface area contributed by atoms with Gasteiger partial charge in [0.05, 0.1) is 46.9 Å². The van der Waals surface area contributed by atoms with Crippen LogP contribution in [0.2, 0.25) is 5.15 Å². The minimum atomic E-state index is -0.428. The van der Waals surface area contributed by atoms with E-state index in [-0.39, 0.29) is 42.4 Å². The van der Waals surface area contributed by atoms with Crippen molar-refractivity contribution in [2.45, 2.75) is 80.3 Å². The number of aliphatic imine (C=N–C) groups is 1. The summed E-state index contributed by atoms with van der Waals surface area (Å²) in [5, 5.41) is 14.7. The molecule has 1 atom stereocenters. The number of amides is 2. The Bertz CT molecular complexity index is 3210. The number of carbonyl (C=O) groups excluding carboxylic acids is 4. The number of hydrogen-bond donors (Lipinski definition) is 1. The van der Waals surface area contributed by atoms with Crippen LogP contribution < -0.4 is 15.2 Å². The summed E-state index contributed by atoms with van der Waals surface area (Å²) >= 11 is 6.01. The summed E-state index contributed by atoms with van der Waals surface area (Å²) in [6.45, 7) is 14.5. The van der Waals surface area contributed by atoms with Gasteiger partial charge in [0.1, 0.15) is 40.5 Å². The maximum atomic E-state index is 14.1. The Balaban J connectivity index is 0.000000160. The summed E-state index contributed by atoms with van der Waals surface area (Å²) < 4.78 is 22.6. The highest BCUT2D eigenvalue weighted by atomic mass is 35.5. The fraction of sp³-hybridized carbons (Fsp3) is 0.327. The Morgan fingerprint density at radius 2 is 1.68 bits per heavy atom. The minimum Gasteiger partial charge on any atom is -0.462 e. The van der Waals surface area contributed by atoms with Gasteiger partial charge < -0.3 is 4.74 Å². The van der Waals surface area contributed by atoms with Gasteiger partial charge in [0.15, 0.2) is 11.3 Å². The van der Waals surface area contributed by atoms with Crippen LogP contribution in [0.3, 0.4) is 0 Å². The molecule has 9 rings (SSSR count). The first-order valence-corrected chi connectivity index (χ1v) is 23.7. The van der Waals surface area contributed by atoms with Crippen LogP contribution in [0.15, 0.2) is 95.3 Å². The van der Waals surface area contributed by atoms with E-state index in [4.69, 9.17) is 16.3 Å². The second-order valence-electron chi connectivity index (χ2n) is 17.4. The summed E-state index contributed by atoms with van der Waals surface area (Å²) in [6.07, 6.45) is 4.81. The molecule has 1 unspecified atom stereocenters. The van der Waals surface area contributed by atoms with Crippen molar-refractivity contribution in [3.63, 3.8) is 0 Å². The highest BCUT2D eigenvalue weighted by Gasteiger charge is 2.39. The van der Waals surface area contributed by atoms with Gasteiger partial charge >= 0.3 is 5.97 Å². The van der Waals surface area contributed by atoms with Crippen molar-refractivity contribution in [2.24, 2.45) is 23.1 Å². The summed E-state index contributed by atoms with van der Waals surface area (Å²) in [6, 6.07) is 20.8. The molecular weight excluding hydrogens is 927 g/mol. The predicted octanol–water partition coefficient (Wildman–Crippen LogP) is 9.50. The van der Waals surface area contributed by atoms with Gasteiger partial charge in [-0.3, -0.25) is 39.3 Å². The average Bonchev–Trinajstić information content (AvgIpc) is 3.97. The van der Waals surface area contributed by atoms with Crippen LogP contribution in [0.25, 0.3) is 22.1 Å². The largest absolute Gasteiger partial charge is 0.462 e. The molecule has 368 valence electrons. The zero-order valence-electron chi connectivity index (χ0n) is 41.2. The van der Waals surface area contributed by atoms with E-state index in [0.717, 1.165) is 34.2 Å². The van der Waals surface area contributed by atoms with E-state index in [9.17, 15) is 23.6 Å². The smallest absolute Gasteiger partial charge is 0.341 e. The van der Waals surface area contributed by atoms with Crippen molar-refractivity contribution in [3.8, 4) is 0 Å². The summed E-state index contributed by atoms with van der Waals surface area (Å²) in [5.41, 5.74) is 9.65. The van der Waals surface area contributed by atoms with E-state index in [1.807, 2.05) is 58.0 Å². The topological polar surface area (TPSA) is 195 Å². The number of hydrazone groups is 1. The zero-order valence-corrected chi connectivity index (χ0v) is 42.0. The van der Waals surface area contributed by atoms with Crippen LogP contribution in [0.4, 0.5) is 21.7 Å². The number of halogens is 2. The van der Waals surface area contributed by atoms with E-state index in [0.29, 0.717) is 87.2 Å². The minimum absolute atomic E-state index is 0.00567. The number of ketones is 1. The van der Waals surface area contributed by atoms with Crippen molar-refractivity contribution in [3.05, 3.63) is 130 Å². The summed E-state index contributed by atoms with van der Waals surface area (Å²) in [4.78, 5) is 70.6. The number of anilines is 3. The van der Waals surface area contributed by atoms with Gasteiger partial charge in [0, 0.05) is 61.9 Å². The quantitative estimate of drug-likeness (QED) is 0.0530. The number of fused-ring (bicyclic) bond motifs is 4. The molecule has 2 aliphatic heterocycles. The number of pyridine rings is 3. The summed E-state index contributed by atoms with van der Waals surface area (Å²) in [7, 11) is 3.45. The maximum absolute atomic E-state index is 14.1. The molecule has 1 N–H and O–H groups in total. The maximum Gasteiger partial charge on any atom is 0.341 e. The number of aryl methyl sites for hydroxylation is 3. The molecule has 0 fully saturated rings. The number of hydrogen-bond acceptors (Lipinski definition) is 13. The van der Waals surface area contributed by atoms with Crippen LogP contribution in [-0.4, -0.2) is 89.7 Å². The molecule has 71 heavy (non-hydrogen) atoms.